The first-order valence-electron chi connectivity index (χ1n) is 11.9. The number of hydrogen-bond acceptors (Lipinski definition) is 5. The lowest BCUT2D eigenvalue weighted by atomic mass is 10.1. The van der Waals surface area contributed by atoms with E-state index in [0.29, 0.717) is 18.8 Å². The van der Waals surface area contributed by atoms with Gasteiger partial charge in [-0.05, 0) is 51.3 Å². The molecule has 0 aliphatic rings. The van der Waals surface area contributed by atoms with Crippen LogP contribution in [-0.2, 0) is 26.0 Å². The van der Waals surface area contributed by atoms with E-state index in [4.69, 9.17) is 4.74 Å². The molecule has 0 saturated carbocycles. The third-order valence-corrected chi connectivity index (χ3v) is 6.89. The fourth-order valence-corrected chi connectivity index (χ4v) is 4.42. The van der Waals surface area contributed by atoms with Crippen molar-refractivity contribution in [3.63, 3.8) is 0 Å². The summed E-state index contributed by atoms with van der Waals surface area (Å²) < 4.78 is 32.1. The van der Waals surface area contributed by atoms with Crippen LogP contribution >= 0.6 is 0 Å². The largest absolute Gasteiger partial charge is 0.492 e. The van der Waals surface area contributed by atoms with Gasteiger partial charge in [-0.15, -0.1) is 0 Å². The summed E-state index contributed by atoms with van der Waals surface area (Å²) in [4.78, 5) is 27.9. The molecule has 0 unspecified atom stereocenters. The van der Waals surface area contributed by atoms with Crippen LogP contribution in [0.15, 0.2) is 54.6 Å². The van der Waals surface area contributed by atoms with Crippen LogP contribution in [0.5, 0.6) is 5.75 Å². The standard InChI is InChI=1S/C26H37N3O5S/c1-6-20(3)27-26(31)21(4)28(18-17-22-13-9-8-10-14-22)25(30)19-29(35(5,32)33)23-15-11-12-16-24(23)34-7-2/h8-16,20-21H,6-7,17-19H2,1-5H3,(H,27,31)/t20-,21-/m1/s1. The van der Waals surface area contributed by atoms with Gasteiger partial charge in [-0.25, -0.2) is 8.42 Å². The Labute approximate surface area is 209 Å². The fraction of sp³-hybridized carbons (Fsp3) is 0.462. The molecule has 2 aromatic carbocycles. The SMILES string of the molecule is CCOc1ccccc1N(CC(=O)N(CCc1ccccc1)[C@H](C)C(=O)N[C@H](C)CC)S(C)(=O)=O. The van der Waals surface area contributed by atoms with Crippen molar-refractivity contribution in [2.75, 3.05) is 30.3 Å². The third kappa shape index (κ3) is 8.28. The van der Waals surface area contributed by atoms with Crippen molar-refractivity contribution < 1.29 is 22.7 Å². The number of nitrogens with zero attached hydrogens (tertiary/aromatic N) is 2. The Balaban J connectivity index is 2.35. The Kier molecular flexibility index (Phi) is 10.6. The van der Waals surface area contributed by atoms with Gasteiger partial charge in [-0.1, -0.05) is 49.4 Å². The average molecular weight is 504 g/mol. The minimum atomic E-state index is -3.82. The van der Waals surface area contributed by atoms with Crippen LogP contribution in [0.1, 0.15) is 39.7 Å². The van der Waals surface area contributed by atoms with Gasteiger partial charge in [0.1, 0.15) is 18.3 Å². The maximum Gasteiger partial charge on any atom is 0.244 e. The fourth-order valence-electron chi connectivity index (χ4n) is 3.57. The molecule has 2 aromatic rings. The molecule has 0 aliphatic carbocycles. The maximum absolute atomic E-state index is 13.6. The molecule has 8 nitrogen and oxygen atoms in total. The van der Waals surface area contributed by atoms with E-state index in [1.54, 1.807) is 38.1 Å². The minimum Gasteiger partial charge on any atom is -0.492 e. The number of ether oxygens (including phenoxy) is 1. The van der Waals surface area contributed by atoms with Crippen molar-refractivity contribution in [1.29, 1.82) is 0 Å². The predicted molar refractivity (Wildman–Crippen MR) is 139 cm³/mol. The van der Waals surface area contributed by atoms with Gasteiger partial charge < -0.3 is 15.0 Å². The second kappa shape index (κ2) is 13.1. The Bertz CT molecular complexity index is 1080. The third-order valence-electron chi connectivity index (χ3n) is 5.77. The molecule has 192 valence electrons. The highest BCUT2D eigenvalue weighted by molar-refractivity contribution is 7.92. The maximum atomic E-state index is 13.6. The number of carbonyl (C=O) groups is 2. The Hall–Kier alpha value is -3.07. The Morgan fingerprint density at radius 1 is 1.00 bits per heavy atom. The number of para-hydroxylation sites is 2. The van der Waals surface area contributed by atoms with Crippen LogP contribution in [0.4, 0.5) is 5.69 Å². The second-order valence-corrected chi connectivity index (χ2v) is 10.4. The van der Waals surface area contributed by atoms with Gasteiger partial charge in [0, 0.05) is 12.6 Å². The minimum absolute atomic E-state index is 0.0402. The van der Waals surface area contributed by atoms with Crippen molar-refractivity contribution in [1.82, 2.24) is 10.2 Å². The van der Waals surface area contributed by atoms with Crippen molar-refractivity contribution in [2.45, 2.75) is 52.6 Å². The smallest absolute Gasteiger partial charge is 0.244 e. The van der Waals surface area contributed by atoms with Crippen molar-refractivity contribution in [2.24, 2.45) is 0 Å². The number of carbonyl (C=O) groups excluding carboxylic acids is 2. The zero-order valence-electron chi connectivity index (χ0n) is 21.2. The molecule has 0 aromatic heterocycles. The summed E-state index contributed by atoms with van der Waals surface area (Å²) in [7, 11) is -3.82. The highest BCUT2D eigenvalue weighted by Crippen LogP contribution is 2.30. The van der Waals surface area contributed by atoms with E-state index in [-0.39, 0.29) is 24.2 Å². The van der Waals surface area contributed by atoms with Crippen molar-refractivity contribution >= 4 is 27.5 Å². The van der Waals surface area contributed by atoms with Gasteiger partial charge in [0.2, 0.25) is 21.8 Å². The molecule has 9 heteroatoms. The molecule has 2 rings (SSSR count). The summed E-state index contributed by atoms with van der Waals surface area (Å²) >= 11 is 0. The van der Waals surface area contributed by atoms with E-state index in [9.17, 15) is 18.0 Å². The molecule has 0 bridgehead atoms. The molecular weight excluding hydrogens is 466 g/mol. The summed E-state index contributed by atoms with van der Waals surface area (Å²) in [6.45, 7) is 7.50. The quantitative estimate of drug-likeness (QED) is 0.453. The molecule has 0 spiro atoms. The highest BCUT2D eigenvalue weighted by Gasteiger charge is 2.31. The normalized spacial score (nSPS) is 12.9. The number of benzene rings is 2. The van der Waals surface area contributed by atoms with E-state index in [1.807, 2.05) is 44.2 Å². The molecular formula is C26H37N3O5S. The Morgan fingerprint density at radius 3 is 2.23 bits per heavy atom. The first-order chi connectivity index (χ1) is 16.6. The second-order valence-electron chi connectivity index (χ2n) is 8.49. The topological polar surface area (TPSA) is 96.0 Å². The summed E-state index contributed by atoms with van der Waals surface area (Å²) in [5.74, 6) is -0.377. The number of nitrogens with one attached hydrogen (secondary N) is 1. The highest BCUT2D eigenvalue weighted by atomic mass is 32.2. The van der Waals surface area contributed by atoms with Gasteiger partial charge in [-0.3, -0.25) is 13.9 Å². The molecule has 0 aliphatic heterocycles. The molecule has 0 radical (unpaired) electrons. The lowest BCUT2D eigenvalue weighted by molar-refractivity contribution is -0.139. The van der Waals surface area contributed by atoms with Gasteiger partial charge in [-0.2, -0.15) is 0 Å². The molecule has 0 fully saturated rings. The molecule has 0 saturated heterocycles. The van der Waals surface area contributed by atoms with Gasteiger partial charge in [0.05, 0.1) is 18.6 Å². The number of anilines is 1. The number of sulfonamides is 1. The predicted octanol–water partition coefficient (Wildman–Crippen LogP) is 3.23. The van der Waals surface area contributed by atoms with Crippen LogP contribution in [-0.4, -0.2) is 63.2 Å². The zero-order chi connectivity index (χ0) is 26.0. The van der Waals surface area contributed by atoms with E-state index >= 15 is 0 Å². The van der Waals surface area contributed by atoms with Gasteiger partial charge in [0.25, 0.3) is 0 Å². The van der Waals surface area contributed by atoms with Crippen molar-refractivity contribution in [3.05, 3.63) is 60.2 Å². The summed E-state index contributed by atoms with van der Waals surface area (Å²) in [5.41, 5.74) is 1.30. The lowest BCUT2D eigenvalue weighted by Gasteiger charge is -2.32. The van der Waals surface area contributed by atoms with E-state index in [2.05, 4.69) is 5.32 Å². The van der Waals surface area contributed by atoms with Crippen LogP contribution < -0.4 is 14.4 Å². The summed E-state index contributed by atoms with van der Waals surface area (Å²) in [5, 5.41) is 2.92. The van der Waals surface area contributed by atoms with E-state index in [1.165, 1.54) is 4.90 Å². The number of rotatable bonds is 13. The van der Waals surface area contributed by atoms with E-state index < -0.39 is 28.5 Å². The molecule has 2 atom stereocenters. The van der Waals surface area contributed by atoms with Gasteiger partial charge in [0.15, 0.2) is 0 Å². The lowest BCUT2D eigenvalue weighted by Crippen LogP contribution is -2.53. The van der Waals surface area contributed by atoms with E-state index in [0.717, 1.165) is 22.5 Å². The summed E-state index contributed by atoms with van der Waals surface area (Å²) in [6.07, 6.45) is 2.34. The first-order valence-corrected chi connectivity index (χ1v) is 13.8. The number of hydrogen-bond donors (Lipinski definition) is 1. The molecule has 35 heavy (non-hydrogen) atoms. The summed E-state index contributed by atoms with van der Waals surface area (Å²) in [6, 6.07) is 15.5. The zero-order valence-corrected chi connectivity index (χ0v) is 22.0. The molecule has 2 amide bonds. The first kappa shape index (κ1) is 28.2. The average Bonchev–Trinajstić information content (AvgIpc) is 2.83. The van der Waals surface area contributed by atoms with Crippen LogP contribution in [0, 0.1) is 0 Å². The molecule has 1 N–H and O–H groups in total. The van der Waals surface area contributed by atoms with Crippen LogP contribution in [0.3, 0.4) is 0 Å². The van der Waals surface area contributed by atoms with Crippen LogP contribution in [0.2, 0.25) is 0 Å². The Morgan fingerprint density at radius 2 is 1.63 bits per heavy atom. The number of amides is 2. The van der Waals surface area contributed by atoms with Crippen molar-refractivity contribution in [3.8, 4) is 5.75 Å². The van der Waals surface area contributed by atoms with Crippen LogP contribution in [0.25, 0.3) is 0 Å². The monoisotopic (exact) mass is 503 g/mol. The molecule has 0 heterocycles. The van der Waals surface area contributed by atoms with Gasteiger partial charge >= 0.3 is 0 Å².